The SMILES string of the molecule is CN=C(NCCc1cn2ccccc2n1)NCc1ccco1. The summed E-state index contributed by atoms with van der Waals surface area (Å²) in [6.07, 6.45) is 6.55. The predicted molar refractivity (Wildman–Crippen MR) is 85.8 cm³/mol. The molecule has 0 bridgehead atoms. The topological polar surface area (TPSA) is 66.9 Å². The maximum Gasteiger partial charge on any atom is 0.191 e. The molecular weight excluding hydrogens is 278 g/mol. The maximum absolute atomic E-state index is 5.28. The van der Waals surface area contributed by atoms with Crippen LogP contribution >= 0.6 is 0 Å². The summed E-state index contributed by atoms with van der Waals surface area (Å²) in [5.74, 6) is 1.63. The highest BCUT2D eigenvalue weighted by molar-refractivity contribution is 5.79. The summed E-state index contributed by atoms with van der Waals surface area (Å²) in [4.78, 5) is 8.76. The fourth-order valence-electron chi connectivity index (χ4n) is 2.22. The third kappa shape index (κ3) is 3.46. The van der Waals surface area contributed by atoms with Crippen LogP contribution in [0.3, 0.4) is 0 Å². The van der Waals surface area contributed by atoms with Crippen molar-refractivity contribution >= 4 is 11.6 Å². The molecule has 114 valence electrons. The van der Waals surface area contributed by atoms with Crippen LogP contribution in [0.15, 0.2) is 58.4 Å². The lowest BCUT2D eigenvalue weighted by Crippen LogP contribution is -2.37. The Labute approximate surface area is 128 Å². The summed E-state index contributed by atoms with van der Waals surface area (Å²) in [5, 5.41) is 6.48. The molecule has 22 heavy (non-hydrogen) atoms. The van der Waals surface area contributed by atoms with Gasteiger partial charge in [-0.05, 0) is 24.3 Å². The lowest BCUT2D eigenvalue weighted by atomic mass is 10.3. The van der Waals surface area contributed by atoms with Crippen molar-refractivity contribution in [2.75, 3.05) is 13.6 Å². The molecule has 3 aromatic rings. The van der Waals surface area contributed by atoms with E-state index in [0.717, 1.165) is 36.0 Å². The number of rotatable bonds is 5. The van der Waals surface area contributed by atoms with Gasteiger partial charge in [0.15, 0.2) is 5.96 Å². The number of nitrogens with zero attached hydrogens (tertiary/aromatic N) is 3. The van der Waals surface area contributed by atoms with Crippen LogP contribution < -0.4 is 10.6 Å². The Hall–Kier alpha value is -2.76. The summed E-state index contributed by atoms with van der Waals surface area (Å²) >= 11 is 0. The summed E-state index contributed by atoms with van der Waals surface area (Å²) in [6.45, 7) is 1.38. The Morgan fingerprint density at radius 2 is 2.23 bits per heavy atom. The second kappa shape index (κ2) is 6.80. The first-order valence-electron chi connectivity index (χ1n) is 7.24. The number of aromatic nitrogens is 2. The van der Waals surface area contributed by atoms with Gasteiger partial charge >= 0.3 is 0 Å². The number of aliphatic imine (C=N–C) groups is 1. The van der Waals surface area contributed by atoms with Crippen molar-refractivity contribution in [3.8, 4) is 0 Å². The number of nitrogens with one attached hydrogen (secondary N) is 2. The molecule has 0 amide bonds. The first-order valence-corrected chi connectivity index (χ1v) is 7.24. The van der Waals surface area contributed by atoms with E-state index < -0.39 is 0 Å². The number of imidazole rings is 1. The summed E-state index contributed by atoms with van der Waals surface area (Å²) in [6, 6.07) is 9.79. The molecule has 0 spiro atoms. The molecule has 0 radical (unpaired) electrons. The van der Waals surface area contributed by atoms with Crippen molar-refractivity contribution in [3.63, 3.8) is 0 Å². The molecule has 0 atom stereocenters. The molecule has 3 rings (SSSR count). The molecule has 0 aliphatic rings. The normalized spacial score (nSPS) is 11.8. The molecule has 0 aliphatic carbocycles. The van der Waals surface area contributed by atoms with Crippen LogP contribution in [0.2, 0.25) is 0 Å². The smallest absolute Gasteiger partial charge is 0.191 e. The second-order valence-electron chi connectivity index (χ2n) is 4.88. The van der Waals surface area contributed by atoms with E-state index in [0.29, 0.717) is 6.54 Å². The molecule has 3 heterocycles. The lowest BCUT2D eigenvalue weighted by Gasteiger charge is -2.10. The number of pyridine rings is 1. The van der Waals surface area contributed by atoms with E-state index >= 15 is 0 Å². The predicted octanol–water partition coefficient (Wildman–Crippen LogP) is 1.83. The van der Waals surface area contributed by atoms with Gasteiger partial charge in [-0.3, -0.25) is 4.99 Å². The standard InChI is InChI=1S/C16H19N5O/c1-17-16(19-11-14-5-4-10-22-14)18-8-7-13-12-21-9-3-2-6-15(21)20-13/h2-6,9-10,12H,7-8,11H2,1H3,(H2,17,18,19). The molecule has 0 saturated heterocycles. The van der Waals surface area contributed by atoms with Crippen LogP contribution in [-0.2, 0) is 13.0 Å². The third-order valence-electron chi connectivity index (χ3n) is 3.32. The van der Waals surface area contributed by atoms with Gasteiger partial charge in [-0.15, -0.1) is 0 Å². The zero-order valence-corrected chi connectivity index (χ0v) is 12.5. The van der Waals surface area contributed by atoms with Gasteiger partial charge in [-0.25, -0.2) is 4.98 Å². The molecule has 6 heteroatoms. The van der Waals surface area contributed by atoms with Crippen LogP contribution in [0.4, 0.5) is 0 Å². The van der Waals surface area contributed by atoms with Crippen molar-refractivity contribution < 1.29 is 4.42 Å². The fraction of sp³-hybridized carbons (Fsp3) is 0.250. The number of guanidine groups is 1. The van der Waals surface area contributed by atoms with Crippen LogP contribution in [0.5, 0.6) is 0 Å². The molecular formula is C16H19N5O. The van der Waals surface area contributed by atoms with Gasteiger partial charge in [0.05, 0.1) is 18.5 Å². The van der Waals surface area contributed by atoms with Crippen molar-refractivity contribution in [2.45, 2.75) is 13.0 Å². The highest BCUT2D eigenvalue weighted by Crippen LogP contribution is 2.04. The van der Waals surface area contributed by atoms with E-state index in [1.807, 2.05) is 40.9 Å². The van der Waals surface area contributed by atoms with Crippen molar-refractivity contribution in [2.24, 2.45) is 4.99 Å². The van der Waals surface area contributed by atoms with Gasteiger partial charge in [-0.1, -0.05) is 6.07 Å². The van der Waals surface area contributed by atoms with Crippen molar-refractivity contribution in [1.82, 2.24) is 20.0 Å². The van der Waals surface area contributed by atoms with Gasteiger partial charge in [0, 0.05) is 32.4 Å². The van der Waals surface area contributed by atoms with E-state index in [1.54, 1.807) is 13.3 Å². The van der Waals surface area contributed by atoms with Gasteiger partial charge in [0.1, 0.15) is 11.4 Å². The summed E-state index contributed by atoms with van der Waals surface area (Å²) in [7, 11) is 1.75. The van der Waals surface area contributed by atoms with Crippen LogP contribution in [0.25, 0.3) is 5.65 Å². The zero-order chi connectivity index (χ0) is 15.2. The summed E-state index contributed by atoms with van der Waals surface area (Å²) < 4.78 is 7.30. The number of hydrogen-bond donors (Lipinski definition) is 2. The number of fused-ring (bicyclic) bond motifs is 1. The zero-order valence-electron chi connectivity index (χ0n) is 12.5. The Kier molecular flexibility index (Phi) is 4.38. The fourth-order valence-corrected chi connectivity index (χ4v) is 2.22. The number of furan rings is 1. The van der Waals surface area contributed by atoms with Crippen LogP contribution in [-0.4, -0.2) is 28.9 Å². The third-order valence-corrected chi connectivity index (χ3v) is 3.32. The maximum atomic E-state index is 5.28. The van der Waals surface area contributed by atoms with Crippen LogP contribution in [0, 0.1) is 0 Å². The van der Waals surface area contributed by atoms with Gasteiger partial charge in [0.2, 0.25) is 0 Å². The van der Waals surface area contributed by atoms with Gasteiger partial charge in [0.25, 0.3) is 0 Å². The highest BCUT2D eigenvalue weighted by Gasteiger charge is 2.03. The lowest BCUT2D eigenvalue weighted by molar-refractivity contribution is 0.501. The molecule has 2 N–H and O–H groups in total. The molecule has 0 fully saturated rings. The second-order valence-corrected chi connectivity index (χ2v) is 4.88. The molecule has 3 aromatic heterocycles. The minimum Gasteiger partial charge on any atom is -0.467 e. The quantitative estimate of drug-likeness (QED) is 0.557. The molecule has 0 unspecified atom stereocenters. The average Bonchev–Trinajstić information content (AvgIpc) is 3.19. The minimum absolute atomic E-state index is 0.612. The first kappa shape index (κ1) is 14.2. The van der Waals surface area contributed by atoms with E-state index in [4.69, 9.17) is 4.42 Å². The Balaban J connectivity index is 1.48. The van der Waals surface area contributed by atoms with Gasteiger partial charge in [-0.2, -0.15) is 0 Å². The van der Waals surface area contributed by atoms with Crippen molar-refractivity contribution in [3.05, 3.63) is 60.4 Å². The Morgan fingerprint density at radius 3 is 3.00 bits per heavy atom. The van der Waals surface area contributed by atoms with E-state index in [9.17, 15) is 0 Å². The van der Waals surface area contributed by atoms with E-state index in [1.165, 1.54) is 0 Å². The average molecular weight is 297 g/mol. The molecule has 0 aliphatic heterocycles. The molecule has 6 nitrogen and oxygen atoms in total. The Bertz CT molecular complexity index is 712. The van der Waals surface area contributed by atoms with Crippen molar-refractivity contribution in [1.29, 1.82) is 0 Å². The molecule has 0 saturated carbocycles. The van der Waals surface area contributed by atoms with E-state index in [-0.39, 0.29) is 0 Å². The number of hydrogen-bond acceptors (Lipinski definition) is 3. The van der Waals surface area contributed by atoms with Crippen LogP contribution in [0.1, 0.15) is 11.5 Å². The Morgan fingerprint density at radius 1 is 1.27 bits per heavy atom. The molecule has 0 aromatic carbocycles. The highest BCUT2D eigenvalue weighted by atomic mass is 16.3. The van der Waals surface area contributed by atoms with Gasteiger partial charge < -0.3 is 19.5 Å². The monoisotopic (exact) mass is 297 g/mol. The largest absolute Gasteiger partial charge is 0.467 e. The summed E-state index contributed by atoms with van der Waals surface area (Å²) in [5.41, 5.74) is 2.03. The first-order chi connectivity index (χ1) is 10.8. The minimum atomic E-state index is 0.612. The van der Waals surface area contributed by atoms with E-state index in [2.05, 4.69) is 26.8 Å².